The third-order valence-electron chi connectivity index (χ3n) is 5.19. The maximum atomic E-state index is 12.3. The van der Waals surface area contributed by atoms with E-state index in [1.54, 1.807) is 7.11 Å². The van der Waals surface area contributed by atoms with Crippen LogP contribution in [0.15, 0.2) is 24.3 Å². The smallest absolute Gasteiger partial charge is 0.235 e. The van der Waals surface area contributed by atoms with Gasteiger partial charge in [0, 0.05) is 26.2 Å². The number of methoxy groups -OCH3 is 1. The van der Waals surface area contributed by atoms with Crippen LogP contribution in [0.1, 0.15) is 19.8 Å². The van der Waals surface area contributed by atoms with Crippen LogP contribution >= 0.6 is 0 Å². The highest BCUT2D eigenvalue weighted by Gasteiger charge is 2.43. The Kier molecular flexibility index (Phi) is 5.14. The standard InChI is InChI=1S/C19H26N4O2/c1-19(14-20,15-7-8-15)21-18(24)13-22-9-11-23(12-10-22)16-5-3-4-6-17(16)25-2/h3-6,15H,7-13H2,1-2H3,(H,21,24)/t19-/m0/s1. The summed E-state index contributed by atoms with van der Waals surface area (Å²) in [6.07, 6.45) is 2.06. The lowest BCUT2D eigenvalue weighted by Gasteiger charge is -2.36. The summed E-state index contributed by atoms with van der Waals surface area (Å²) >= 11 is 0. The Labute approximate surface area is 149 Å². The van der Waals surface area contributed by atoms with Gasteiger partial charge in [-0.05, 0) is 37.8 Å². The van der Waals surface area contributed by atoms with E-state index in [1.807, 2.05) is 25.1 Å². The summed E-state index contributed by atoms with van der Waals surface area (Å²) in [5.74, 6) is 1.13. The molecule has 2 fully saturated rings. The Morgan fingerprint density at radius 3 is 2.60 bits per heavy atom. The first-order valence-corrected chi connectivity index (χ1v) is 8.88. The van der Waals surface area contributed by atoms with Crippen LogP contribution in [0.25, 0.3) is 0 Å². The Balaban J connectivity index is 1.51. The SMILES string of the molecule is COc1ccccc1N1CCN(CC(=O)N[C@@](C)(C#N)C2CC2)CC1. The molecule has 1 saturated carbocycles. The zero-order valence-corrected chi connectivity index (χ0v) is 15.0. The van der Waals surface area contributed by atoms with E-state index in [0.717, 1.165) is 50.5 Å². The number of ether oxygens (including phenoxy) is 1. The van der Waals surface area contributed by atoms with Crippen LogP contribution in [-0.4, -0.2) is 56.2 Å². The first-order valence-electron chi connectivity index (χ1n) is 8.88. The minimum atomic E-state index is -0.712. The fourth-order valence-corrected chi connectivity index (χ4v) is 3.45. The van der Waals surface area contributed by atoms with Crippen molar-refractivity contribution >= 4 is 11.6 Å². The average molecular weight is 342 g/mol. The highest BCUT2D eigenvalue weighted by Crippen LogP contribution is 2.39. The second kappa shape index (κ2) is 7.32. The molecule has 1 atom stereocenters. The molecule has 2 aliphatic rings. The molecule has 0 aromatic heterocycles. The van der Waals surface area contributed by atoms with Crippen LogP contribution in [0.4, 0.5) is 5.69 Å². The van der Waals surface area contributed by atoms with E-state index < -0.39 is 5.54 Å². The number of benzene rings is 1. The average Bonchev–Trinajstić information content (AvgIpc) is 3.48. The van der Waals surface area contributed by atoms with E-state index in [1.165, 1.54) is 0 Å². The summed E-state index contributed by atoms with van der Waals surface area (Å²) in [6.45, 7) is 5.53. The van der Waals surface area contributed by atoms with Gasteiger partial charge >= 0.3 is 0 Å². The molecular weight excluding hydrogens is 316 g/mol. The van der Waals surface area contributed by atoms with E-state index >= 15 is 0 Å². The van der Waals surface area contributed by atoms with E-state index in [2.05, 4.69) is 27.3 Å². The molecule has 25 heavy (non-hydrogen) atoms. The van der Waals surface area contributed by atoms with Crippen LogP contribution in [-0.2, 0) is 4.79 Å². The zero-order chi connectivity index (χ0) is 17.9. The molecule has 1 N–H and O–H groups in total. The van der Waals surface area contributed by atoms with Crippen molar-refractivity contribution in [2.75, 3.05) is 44.7 Å². The quantitative estimate of drug-likeness (QED) is 0.851. The Bertz CT molecular complexity index is 660. The van der Waals surface area contributed by atoms with Crippen molar-refractivity contribution in [2.24, 2.45) is 5.92 Å². The summed E-state index contributed by atoms with van der Waals surface area (Å²) in [7, 11) is 1.69. The number of carbonyl (C=O) groups is 1. The van der Waals surface area contributed by atoms with Crippen molar-refractivity contribution in [2.45, 2.75) is 25.3 Å². The lowest BCUT2D eigenvalue weighted by molar-refractivity contribution is -0.123. The van der Waals surface area contributed by atoms with Crippen molar-refractivity contribution in [1.82, 2.24) is 10.2 Å². The van der Waals surface area contributed by atoms with E-state index in [4.69, 9.17) is 4.74 Å². The number of nitrogens with zero attached hydrogens (tertiary/aromatic N) is 3. The third-order valence-corrected chi connectivity index (χ3v) is 5.19. The molecule has 0 spiro atoms. The molecule has 1 aliphatic carbocycles. The van der Waals surface area contributed by atoms with Gasteiger partial charge in [0.1, 0.15) is 11.3 Å². The van der Waals surface area contributed by atoms with Crippen molar-refractivity contribution in [3.63, 3.8) is 0 Å². The number of rotatable bonds is 6. The Morgan fingerprint density at radius 2 is 2.00 bits per heavy atom. The first kappa shape index (κ1) is 17.6. The second-order valence-electron chi connectivity index (χ2n) is 7.07. The lowest BCUT2D eigenvalue weighted by Crippen LogP contribution is -2.53. The first-order chi connectivity index (χ1) is 12.1. The molecule has 0 bridgehead atoms. The van der Waals surface area contributed by atoms with Gasteiger partial charge in [-0.2, -0.15) is 5.26 Å². The molecule has 134 valence electrons. The van der Waals surface area contributed by atoms with Gasteiger partial charge in [0.2, 0.25) is 5.91 Å². The molecule has 0 radical (unpaired) electrons. The van der Waals surface area contributed by atoms with Crippen LogP contribution in [0, 0.1) is 17.2 Å². The number of anilines is 1. The highest BCUT2D eigenvalue weighted by atomic mass is 16.5. The van der Waals surface area contributed by atoms with Crippen molar-refractivity contribution in [3.05, 3.63) is 24.3 Å². The predicted octanol–water partition coefficient (Wildman–Crippen LogP) is 1.63. The molecule has 1 aromatic carbocycles. The normalized spacial score (nSPS) is 20.4. The van der Waals surface area contributed by atoms with E-state index in [9.17, 15) is 10.1 Å². The molecule has 6 heteroatoms. The third kappa shape index (κ3) is 4.05. The van der Waals surface area contributed by atoms with Crippen molar-refractivity contribution in [1.29, 1.82) is 5.26 Å². The monoisotopic (exact) mass is 342 g/mol. The highest BCUT2D eigenvalue weighted by molar-refractivity contribution is 5.79. The van der Waals surface area contributed by atoms with E-state index in [-0.39, 0.29) is 5.91 Å². The molecule has 6 nitrogen and oxygen atoms in total. The summed E-state index contributed by atoms with van der Waals surface area (Å²) in [5, 5.41) is 12.3. The topological polar surface area (TPSA) is 68.6 Å². The van der Waals surface area contributed by atoms with Gasteiger partial charge in [0.25, 0.3) is 0 Å². The molecule has 1 amide bonds. The fourth-order valence-electron chi connectivity index (χ4n) is 3.45. The van der Waals surface area contributed by atoms with Crippen LogP contribution < -0.4 is 15.0 Å². The van der Waals surface area contributed by atoms with E-state index in [0.29, 0.717) is 12.5 Å². The van der Waals surface area contributed by atoms with Crippen LogP contribution in [0.5, 0.6) is 5.75 Å². The lowest BCUT2D eigenvalue weighted by atomic mass is 9.98. The van der Waals surface area contributed by atoms with Gasteiger partial charge in [0.05, 0.1) is 25.4 Å². The molecule has 1 saturated heterocycles. The fraction of sp³-hybridized carbons (Fsp3) is 0.579. The molecule has 1 aromatic rings. The van der Waals surface area contributed by atoms with Gasteiger partial charge in [0.15, 0.2) is 0 Å². The number of nitrogens with one attached hydrogen (secondary N) is 1. The number of hydrogen-bond donors (Lipinski definition) is 1. The summed E-state index contributed by atoms with van der Waals surface area (Å²) < 4.78 is 5.44. The molecular formula is C19H26N4O2. The maximum Gasteiger partial charge on any atom is 0.235 e. The maximum absolute atomic E-state index is 12.3. The van der Waals surface area contributed by atoms with Crippen molar-refractivity contribution in [3.8, 4) is 11.8 Å². The molecule has 1 aliphatic heterocycles. The van der Waals surface area contributed by atoms with Crippen molar-refractivity contribution < 1.29 is 9.53 Å². The van der Waals surface area contributed by atoms with Gasteiger partial charge in [-0.1, -0.05) is 12.1 Å². The molecule has 3 rings (SSSR count). The molecule has 0 unspecified atom stereocenters. The Morgan fingerprint density at radius 1 is 1.32 bits per heavy atom. The number of nitriles is 1. The minimum Gasteiger partial charge on any atom is -0.495 e. The molecule has 1 heterocycles. The van der Waals surface area contributed by atoms with Gasteiger partial charge in [-0.25, -0.2) is 0 Å². The number of hydrogen-bond acceptors (Lipinski definition) is 5. The van der Waals surface area contributed by atoms with Crippen LogP contribution in [0.3, 0.4) is 0 Å². The summed E-state index contributed by atoms with van der Waals surface area (Å²) in [6, 6.07) is 10.3. The van der Waals surface area contributed by atoms with Gasteiger partial charge < -0.3 is 15.0 Å². The predicted molar refractivity (Wildman–Crippen MR) is 96.5 cm³/mol. The Hall–Kier alpha value is -2.26. The summed E-state index contributed by atoms with van der Waals surface area (Å²) in [4.78, 5) is 16.8. The number of amides is 1. The largest absolute Gasteiger partial charge is 0.495 e. The second-order valence-corrected chi connectivity index (χ2v) is 7.07. The number of carbonyl (C=O) groups excluding carboxylic acids is 1. The zero-order valence-electron chi connectivity index (χ0n) is 15.0. The summed E-state index contributed by atoms with van der Waals surface area (Å²) in [5.41, 5.74) is 0.385. The van der Waals surface area contributed by atoms with Gasteiger partial charge in [-0.3, -0.25) is 9.69 Å². The number of piperazine rings is 1. The minimum absolute atomic E-state index is 0.0540. The van der Waals surface area contributed by atoms with Crippen LogP contribution in [0.2, 0.25) is 0 Å². The number of para-hydroxylation sites is 2. The van der Waals surface area contributed by atoms with Gasteiger partial charge in [-0.15, -0.1) is 0 Å².